The Bertz CT molecular complexity index is 370. The Morgan fingerprint density at radius 1 is 1.41 bits per heavy atom. The Morgan fingerprint density at radius 2 is 2.12 bits per heavy atom. The Hall–Kier alpha value is -0.580. The van der Waals surface area contributed by atoms with Crippen molar-refractivity contribution in [2.45, 2.75) is 6.42 Å². The summed E-state index contributed by atoms with van der Waals surface area (Å²) in [7, 11) is 0. The molecule has 94 valence electrons. The highest BCUT2D eigenvalue weighted by atomic mass is 35.5. The number of rotatable bonds is 2. The van der Waals surface area contributed by atoms with E-state index in [4.69, 9.17) is 0 Å². The summed E-state index contributed by atoms with van der Waals surface area (Å²) in [6, 6.07) is 4.05. The van der Waals surface area contributed by atoms with E-state index >= 15 is 0 Å². The molecule has 0 radical (unpaired) electrons. The van der Waals surface area contributed by atoms with Crippen molar-refractivity contribution >= 4 is 29.7 Å². The molecule has 2 saturated heterocycles. The number of halogens is 1. The molecule has 2 atom stereocenters. The van der Waals surface area contributed by atoms with E-state index < -0.39 is 0 Å². The molecule has 3 rings (SSSR count). The molecule has 2 aliphatic heterocycles. The normalized spacial score (nSPS) is 26.7. The highest BCUT2D eigenvalue weighted by molar-refractivity contribution is 7.10. The summed E-state index contributed by atoms with van der Waals surface area (Å²) in [6.07, 6.45) is 0.588. The second kappa shape index (κ2) is 5.38. The number of thiophene rings is 1. The molecule has 0 aromatic carbocycles. The third-order valence-electron chi connectivity index (χ3n) is 3.65. The summed E-state index contributed by atoms with van der Waals surface area (Å²) >= 11 is 1.67. The molecule has 0 aliphatic carbocycles. The van der Waals surface area contributed by atoms with Crippen LogP contribution in [-0.2, 0) is 11.2 Å². The summed E-state index contributed by atoms with van der Waals surface area (Å²) in [5.41, 5.74) is 0. The van der Waals surface area contributed by atoms with Crippen LogP contribution < -0.4 is 5.32 Å². The molecular formula is C12H17ClN2OS. The molecule has 0 unspecified atom stereocenters. The van der Waals surface area contributed by atoms with Crippen molar-refractivity contribution in [2.75, 3.05) is 26.2 Å². The van der Waals surface area contributed by atoms with Crippen LogP contribution in [0.3, 0.4) is 0 Å². The summed E-state index contributed by atoms with van der Waals surface area (Å²) in [5, 5.41) is 5.43. The lowest BCUT2D eigenvalue weighted by atomic mass is 10.0. The lowest BCUT2D eigenvalue weighted by Gasteiger charge is -2.16. The Labute approximate surface area is 112 Å². The summed E-state index contributed by atoms with van der Waals surface area (Å²) in [4.78, 5) is 15.3. The zero-order chi connectivity index (χ0) is 11.0. The van der Waals surface area contributed by atoms with Gasteiger partial charge in [-0.2, -0.15) is 0 Å². The van der Waals surface area contributed by atoms with Crippen molar-refractivity contribution in [3.05, 3.63) is 22.4 Å². The summed E-state index contributed by atoms with van der Waals surface area (Å²) in [6.45, 7) is 4.10. The fraction of sp³-hybridized carbons (Fsp3) is 0.583. The fourth-order valence-electron chi connectivity index (χ4n) is 2.73. The van der Waals surface area contributed by atoms with E-state index in [0.717, 1.165) is 26.2 Å². The predicted octanol–water partition coefficient (Wildman–Crippen LogP) is 1.39. The summed E-state index contributed by atoms with van der Waals surface area (Å²) < 4.78 is 0. The van der Waals surface area contributed by atoms with Crippen LogP contribution in [0.25, 0.3) is 0 Å². The van der Waals surface area contributed by atoms with Gasteiger partial charge in [-0.1, -0.05) is 6.07 Å². The van der Waals surface area contributed by atoms with Crippen molar-refractivity contribution in [1.29, 1.82) is 0 Å². The minimum Gasteiger partial charge on any atom is -0.342 e. The number of hydrogen-bond donors (Lipinski definition) is 1. The van der Waals surface area contributed by atoms with Gasteiger partial charge in [0.25, 0.3) is 0 Å². The van der Waals surface area contributed by atoms with Crippen molar-refractivity contribution in [3.8, 4) is 0 Å². The van der Waals surface area contributed by atoms with E-state index in [0.29, 0.717) is 24.2 Å². The minimum absolute atomic E-state index is 0. The first-order chi connectivity index (χ1) is 7.83. The molecule has 2 fully saturated rings. The summed E-state index contributed by atoms with van der Waals surface area (Å²) in [5.74, 6) is 1.71. The van der Waals surface area contributed by atoms with Crippen LogP contribution in [0.4, 0.5) is 0 Å². The molecule has 5 heteroatoms. The van der Waals surface area contributed by atoms with Crippen molar-refractivity contribution < 1.29 is 4.79 Å². The van der Waals surface area contributed by atoms with Gasteiger partial charge in [-0.25, -0.2) is 0 Å². The number of amides is 1. The second-order valence-corrected chi connectivity index (χ2v) is 5.77. The quantitative estimate of drug-likeness (QED) is 0.883. The molecule has 3 heterocycles. The van der Waals surface area contributed by atoms with E-state index in [9.17, 15) is 4.79 Å². The van der Waals surface area contributed by atoms with Gasteiger partial charge in [0.2, 0.25) is 5.91 Å². The number of fused-ring (bicyclic) bond motifs is 1. The molecule has 3 nitrogen and oxygen atoms in total. The molecule has 1 N–H and O–H groups in total. The predicted molar refractivity (Wildman–Crippen MR) is 71.7 cm³/mol. The van der Waals surface area contributed by atoms with Gasteiger partial charge < -0.3 is 10.2 Å². The largest absolute Gasteiger partial charge is 0.342 e. The molecule has 1 aromatic heterocycles. The van der Waals surface area contributed by atoms with E-state index in [1.54, 1.807) is 11.3 Å². The van der Waals surface area contributed by atoms with E-state index in [-0.39, 0.29) is 12.4 Å². The van der Waals surface area contributed by atoms with E-state index in [1.165, 1.54) is 4.88 Å². The van der Waals surface area contributed by atoms with Gasteiger partial charge in [0.05, 0.1) is 6.42 Å². The average Bonchev–Trinajstić information content (AvgIpc) is 2.91. The van der Waals surface area contributed by atoms with Gasteiger partial charge in [-0.3, -0.25) is 4.79 Å². The number of carbonyl (C=O) groups excluding carboxylic acids is 1. The smallest absolute Gasteiger partial charge is 0.227 e. The van der Waals surface area contributed by atoms with Crippen LogP contribution in [0.1, 0.15) is 4.88 Å². The van der Waals surface area contributed by atoms with Crippen molar-refractivity contribution in [1.82, 2.24) is 10.2 Å². The van der Waals surface area contributed by atoms with Crippen LogP contribution in [-0.4, -0.2) is 37.0 Å². The van der Waals surface area contributed by atoms with Crippen LogP contribution in [0.15, 0.2) is 17.5 Å². The van der Waals surface area contributed by atoms with Crippen LogP contribution in [0.2, 0.25) is 0 Å². The van der Waals surface area contributed by atoms with Gasteiger partial charge in [-0.15, -0.1) is 23.7 Å². The fourth-order valence-corrected chi connectivity index (χ4v) is 3.43. The van der Waals surface area contributed by atoms with E-state index in [1.807, 2.05) is 17.5 Å². The Morgan fingerprint density at radius 3 is 2.71 bits per heavy atom. The minimum atomic E-state index is 0. The number of hydrogen-bond acceptors (Lipinski definition) is 3. The molecule has 0 spiro atoms. The first-order valence-corrected chi connectivity index (χ1v) is 6.72. The first kappa shape index (κ1) is 12.9. The molecule has 1 aromatic rings. The molecule has 1 amide bonds. The molecular weight excluding hydrogens is 256 g/mol. The topological polar surface area (TPSA) is 32.3 Å². The maximum Gasteiger partial charge on any atom is 0.227 e. The van der Waals surface area contributed by atoms with Crippen LogP contribution in [0.5, 0.6) is 0 Å². The van der Waals surface area contributed by atoms with Gasteiger partial charge in [0.1, 0.15) is 0 Å². The Balaban J connectivity index is 0.00000108. The van der Waals surface area contributed by atoms with Gasteiger partial charge in [0, 0.05) is 31.1 Å². The van der Waals surface area contributed by atoms with Crippen molar-refractivity contribution in [3.63, 3.8) is 0 Å². The highest BCUT2D eigenvalue weighted by Crippen LogP contribution is 2.26. The Kier molecular flexibility index (Phi) is 4.07. The lowest BCUT2D eigenvalue weighted by molar-refractivity contribution is -0.129. The first-order valence-electron chi connectivity index (χ1n) is 5.84. The molecule has 0 saturated carbocycles. The third kappa shape index (κ3) is 2.64. The number of nitrogens with one attached hydrogen (secondary N) is 1. The maximum absolute atomic E-state index is 12.1. The standard InChI is InChI=1S/C12H16N2OS.ClH/c15-12(4-11-2-1-3-16-11)14-7-9-5-13-6-10(9)8-14;/h1-3,9-10,13H,4-8H2;1H/t9-,10+;. The monoisotopic (exact) mass is 272 g/mol. The highest BCUT2D eigenvalue weighted by Gasteiger charge is 2.37. The molecule has 17 heavy (non-hydrogen) atoms. The van der Waals surface area contributed by atoms with Gasteiger partial charge >= 0.3 is 0 Å². The van der Waals surface area contributed by atoms with Gasteiger partial charge in [0.15, 0.2) is 0 Å². The molecule has 2 aliphatic rings. The number of nitrogens with zero attached hydrogens (tertiary/aromatic N) is 1. The average molecular weight is 273 g/mol. The third-order valence-corrected chi connectivity index (χ3v) is 4.52. The van der Waals surface area contributed by atoms with Crippen molar-refractivity contribution in [2.24, 2.45) is 11.8 Å². The zero-order valence-corrected chi connectivity index (χ0v) is 11.2. The molecule has 0 bridgehead atoms. The number of carbonyl (C=O) groups is 1. The lowest BCUT2D eigenvalue weighted by Crippen LogP contribution is -2.32. The maximum atomic E-state index is 12.1. The van der Waals surface area contributed by atoms with E-state index in [2.05, 4.69) is 10.2 Å². The second-order valence-electron chi connectivity index (χ2n) is 4.73. The zero-order valence-electron chi connectivity index (χ0n) is 9.59. The van der Waals surface area contributed by atoms with Gasteiger partial charge in [-0.05, 0) is 23.3 Å². The number of likely N-dealkylation sites (tertiary alicyclic amines) is 1. The SMILES string of the molecule is Cl.O=C(Cc1cccs1)N1C[C@H]2CNC[C@H]2C1. The van der Waals surface area contributed by atoms with Crippen LogP contribution in [0, 0.1) is 11.8 Å². The van der Waals surface area contributed by atoms with Crippen LogP contribution >= 0.6 is 23.7 Å².